The van der Waals surface area contributed by atoms with Gasteiger partial charge in [0.25, 0.3) is 5.91 Å². The quantitative estimate of drug-likeness (QED) is 0.841. The third-order valence-electron chi connectivity index (χ3n) is 3.15. The van der Waals surface area contributed by atoms with Crippen LogP contribution in [0.1, 0.15) is 28.4 Å². The van der Waals surface area contributed by atoms with Gasteiger partial charge in [-0.05, 0) is 46.1 Å². The van der Waals surface area contributed by atoms with E-state index in [1.165, 1.54) is 0 Å². The molecule has 0 aromatic heterocycles. The number of halogens is 2. The Bertz CT molecular complexity index is 619. The first-order valence-electron chi connectivity index (χ1n) is 6.61. The molecule has 0 heterocycles. The van der Waals surface area contributed by atoms with Gasteiger partial charge in [0.2, 0.25) is 0 Å². The lowest BCUT2D eigenvalue weighted by Gasteiger charge is -2.12. The van der Waals surface area contributed by atoms with E-state index in [9.17, 15) is 4.79 Å². The van der Waals surface area contributed by atoms with E-state index in [0.29, 0.717) is 28.0 Å². The van der Waals surface area contributed by atoms with E-state index in [1.807, 2.05) is 30.3 Å². The van der Waals surface area contributed by atoms with Gasteiger partial charge in [-0.1, -0.05) is 41.9 Å². The van der Waals surface area contributed by atoms with Crippen molar-refractivity contribution in [2.45, 2.75) is 12.5 Å². The summed E-state index contributed by atoms with van der Waals surface area (Å²) in [7, 11) is 0. The summed E-state index contributed by atoms with van der Waals surface area (Å²) >= 11 is 9.21. The normalized spacial score (nSPS) is 12.0. The van der Waals surface area contributed by atoms with Crippen LogP contribution >= 0.6 is 27.5 Å². The Morgan fingerprint density at radius 3 is 2.62 bits per heavy atom. The lowest BCUT2D eigenvalue weighted by atomic mass is 10.1. The molecular formula is C16H16BrClN2O. The van der Waals surface area contributed by atoms with Crippen LogP contribution in [0, 0.1) is 0 Å². The molecule has 0 fully saturated rings. The summed E-state index contributed by atoms with van der Waals surface area (Å²) in [5.74, 6) is -0.132. The number of hydrogen-bond donors (Lipinski definition) is 2. The SMILES string of the molecule is NC(CCNC(=O)c1ccc(Cl)c(Br)c1)c1ccccc1. The number of benzene rings is 2. The van der Waals surface area contributed by atoms with Crippen molar-refractivity contribution in [3.05, 3.63) is 69.2 Å². The molecule has 21 heavy (non-hydrogen) atoms. The van der Waals surface area contributed by atoms with Gasteiger partial charge in [0.15, 0.2) is 0 Å². The monoisotopic (exact) mass is 366 g/mol. The third-order valence-corrected chi connectivity index (χ3v) is 4.36. The van der Waals surface area contributed by atoms with Crippen LogP contribution in [0.15, 0.2) is 53.0 Å². The minimum atomic E-state index is -0.132. The maximum atomic E-state index is 12.0. The second kappa shape index (κ2) is 7.59. The molecule has 0 radical (unpaired) electrons. The summed E-state index contributed by atoms with van der Waals surface area (Å²) < 4.78 is 0.706. The molecular weight excluding hydrogens is 352 g/mol. The van der Waals surface area contributed by atoms with Gasteiger partial charge in [0.05, 0.1) is 5.02 Å². The Morgan fingerprint density at radius 1 is 1.24 bits per heavy atom. The Morgan fingerprint density at radius 2 is 1.95 bits per heavy atom. The molecule has 0 aliphatic carbocycles. The molecule has 2 aromatic carbocycles. The van der Waals surface area contributed by atoms with Crippen LogP contribution in [0.25, 0.3) is 0 Å². The highest BCUT2D eigenvalue weighted by atomic mass is 79.9. The van der Waals surface area contributed by atoms with Crippen molar-refractivity contribution in [1.29, 1.82) is 0 Å². The molecule has 0 aliphatic rings. The molecule has 1 atom stereocenters. The van der Waals surface area contributed by atoms with Crippen LogP contribution in [0.4, 0.5) is 0 Å². The largest absolute Gasteiger partial charge is 0.352 e. The van der Waals surface area contributed by atoms with Crippen LogP contribution in [0.3, 0.4) is 0 Å². The van der Waals surface area contributed by atoms with Crippen molar-refractivity contribution in [3.8, 4) is 0 Å². The molecule has 0 bridgehead atoms. The minimum Gasteiger partial charge on any atom is -0.352 e. The standard InChI is InChI=1S/C16H16BrClN2O/c17-13-10-12(6-7-14(13)18)16(21)20-9-8-15(19)11-4-2-1-3-5-11/h1-7,10,15H,8-9,19H2,(H,20,21). The number of nitrogens with two attached hydrogens (primary N) is 1. The zero-order valence-corrected chi connectivity index (χ0v) is 13.7. The molecule has 3 nitrogen and oxygen atoms in total. The van der Waals surface area contributed by atoms with Crippen LogP contribution < -0.4 is 11.1 Å². The lowest BCUT2D eigenvalue weighted by Crippen LogP contribution is -2.27. The fourth-order valence-electron chi connectivity index (χ4n) is 1.95. The van der Waals surface area contributed by atoms with Gasteiger partial charge in [-0.15, -0.1) is 0 Å². The Labute approximate surface area is 137 Å². The minimum absolute atomic E-state index is 0.0801. The van der Waals surface area contributed by atoms with Gasteiger partial charge in [0, 0.05) is 22.6 Å². The van der Waals surface area contributed by atoms with Crippen LogP contribution in [-0.4, -0.2) is 12.5 Å². The fraction of sp³-hybridized carbons (Fsp3) is 0.188. The highest BCUT2D eigenvalue weighted by Gasteiger charge is 2.09. The molecule has 5 heteroatoms. The topological polar surface area (TPSA) is 55.1 Å². The molecule has 0 saturated heterocycles. The molecule has 0 saturated carbocycles. The Balaban J connectivity index is 1.85. The highest BCUT2D eigenvalue weighted by molar-refractivity contribution is 9.10. The van der Waals surface area contributed by atoms with E-state index in [0.717, 1.165) is 5.56 Å². The van der Waals surface area contributed by atoms with Crippen molar-refractivity contribution >= 4 is 33.4 Å². The number of rotatable bonds is 5. The van der Waals surface area contributed by atoms with Gasteiger partial charge in [-0.25, -0.2) is 0 Å². The summed E-state index contributed by atoms with van der Waals surface area (Å²) in [6, 6.07) is 14.9. The van der Waals surface area contributed by atoms with E-state index in [2.05, 4.69) is 21.2 Å². The maximum Gasteiger partial charge on any atom is 0.251 e. The number of nitrogens with one attached hydrogen (secondary N) is 1. The van der Waals surface area contributed by atoms with Crippen LogP contribution in [-0.2, 0) is 0 Å². The van der Waals surface area contributed by atoms with Crippen LogP contribution in [0.5, 0.6) is 0 Å². The van der Waals surface area contributed by atoms with Crippen molar-refractivity contribution in [2.75, 3.05) is 6.54 Å². The van der Waals surface area contributed by atoms with Crippen molar-refractivity contribution in [1.82, 2.24) is 5.32 Å². The average Bonchev–Trinajstić information content (AvgIpc) is 2.50. The number of amides is 1. The maximum absolute atomic E-state index is 12.0. The molecule has 2 rings (SSSR count). The number of carbonyl (C=O) groups excluding carboxylic acids is 1. The summed E-state index contributed by atoms with van der Waals surface area (Å²) in [5.41, 5.74) is 7.73. The highest BCUT2D eigenvalue weighted by Crippen LogP contribution is 2.23. The second-order valence-corrected chi connectivity index (χ2v) is 5.95. The van der Waals surface area contributed by atoms with Crippen LogP contribution in [0.2, 0.25) is 5.02 Å². The second-order valence-electron chi connectivity index (χ2n) is 4.69. The first kappa shape index (κ1) is 16.0. The molecule has 0 spiro atoms. The first-order chi connectivity index (χ1) is 10.1. The van der Waals surface area contributed by atoms with Crippen molar-refractivity contribution in [3.63, 3.8) is 0 Å². The number of hydrogen-bond acceptors (Lipinski definition) is 2. The summed E-state index contributed by atoms with van der Waals surface area (Å²) in [5, 5.41) is 3.44. The summed E-state index contributed by atoms with van der Waals surface area (Å²) in [6.45, 7) is 0.523. The smallest absolute Gasteiger partial charge is 0.251 e. The molecule has 2 aromatic rings. The zero-order valence-electron chi connectivity index (χ0n) is 11.4. The molecule has 110 valence electrons. The summed E-state index contributed by atoms with van der Waals surface area (Å²) in [6.07, 6.45) is 0.685. The predicted octanol–water partition coefficient (Wildman–Crippen LogP) is 3.92. The summed E-state index contributed by atoms with van der Waals surface area (Å²) in [4.78, 5) is 12.0. The van der Waals surface area contributed by atoms with Gasteiger partial charge >= 0.3 is 0 Å². The van der Waals surface area contributed by atoms with E-state index in [1.54, 1.807) is 18.2 Å². The van der Waals surface area contributed by atoms with Crippen molar-refractivity contribution in [2.24, 2.45) is 5.73 Å². The number of carbonyl (C=O) groups is 1. The van der Waals surface area contributed by atoms with Gasteiger partial charge < -0.3 is 11.1 Å². The third kappa shape index (κ3) is 4.56. The van der Waals surface area contributed by atoms with E-state index in [4.69, 9.17) is 17.3 Å². The predicted molar refractivity (Wildman–Crippen MR) is 89.5 cm³/mol. The molecule has 1 amide bonds. The Kier molecular flexibility index (Phi) is 5.79. The van der Waals surface area contributed by atoms with Gasteiger partial charge in [0.1, 0.15) is 0 Å². The Hall–Kier alpha value is -1.36. The average molecular weight is 368 g/mol. The fourth-order valence-corrected chi connectivity index (χ4v) is 2.44. The van der Waals surface area contributed by atoms with E-state index in [-0.39, 0.29) is 11.9 Å². The molecule has 0 aliphatic heterocycles. The van der Waals surface area contributed by atoms with Gasteiger partial charge in [-0.3, -0.25) is 4.79 Å². The lowest BCUT2D eigenvalue weighted by molar-refractivity contribution is 0.0952. The first-order valence-corrected chi connectivity index (χ1v) is 7.79. The van der Waals surface area contributed by atoms with Gasteiger partial charge in [-0.2, -0.15) is 0 Å². The molecule has 3 N–H and O–H groups in total. The van der Waals surface area contributed by atoms with E-state index >= 15 is 0 Å². The zero-order chi connectivity index (χ0) is 15.2. The van der Waals surface area contributed by atoms with E-state index < -0.39 is 0 Å². The molecule has 1 unspecified atom stereocenters. The van der Waals surface area contributed by atoms with Crippen molar-refractivity contribution < 1.29 is 4.79 Å².